The molecule has 0 aliphatic rings. The molecule has 0 radical (unpaired) electrons. The number of ether oxygens (including phenoxy) is 1. The Morgan fingerprint density at radius 2 is 1.73 bits per heavy atom. The number of aryl methyl sites for hydroxylation is 1. The van der Waals surface area contributed by atoms with Gasteiger partial charge in [-0.1, -0.05) is 48.0 Å². The Balaban J connectivity index is 1.83. The molecule has 0 bridgehead atoms. The van der Waals surface area contributed by atoms with Crippen molar-refractivity contribution in [2.75, 3.05) is 0 Å². The number of rotatable bonds is 2. The van der Waals surface area contributed by atoms with Crippen LogP contribution in [0.25, 0.3) is 21.8 Å². The van der Waals surface area contributed by atoms with Crippen molar-refractivity contribution in [2.45, 2.75) is 6.18 Å². The second-order valence-corrected chi connectivity index (χ2v) is 6.25. The summed E-state index contributed by atoms with van der Waals surface area (Å²) >= 11 is 6.25. The van der Waals surface area contributed by atoms with E-state index >= 15 is 0 Å². The third-order valence-electron chi connectivity index (χ3n) is 4.16. The van der Waals surface area contributed by atoms with E-state index in [0.29, 0.717) is 5.75 Å². The second-order valence-electron chi connectivity index (χ2n) is 5.84. The summed E-state index contributed by atoms with van der Waals surface area (Å²) in [5, 5.41) is 2.07. The van der Waals surface area contributed by atoms with Gasteiger partial charge in [0.15, 0.2) is 0 Å². The van der Waals surface area contributed by atoms with Crippen molar-refractivity contribution in [3.05, 3.63) is 65.4 Å². The molecule has 0 aliphatic carbocycles. The van der Waals surface area contributed by atoms with Crippen LogP contribution in [-0.4, -0.2) is 9.55 Å². The van der Waals surface area contributed by atoms with Crippen LogP contribution in [0.1, 0.15) is 5.82 Å². The van der Waals surface area contributed by atoms with Gasteiger partial charge in [0, 0.05) is 18.5 Å². The number of benzene rings is 3. The third-order valence-corrected chi connectivity index (χ3v) is 4.45. The highest BCUT2D eigenvalue weighted by atomic mass is 35.5. The molecule has 0 amide bonds. The summed E-state index contributed by atoms with van der Waals surface area (Å²) < 4.78 is 46.1. The minimum Gasteiger partial charge on any atom is -0.455 e. The molecule has 0 saturated heterocycles. The molecule has 0 saturated carbocycles. The molecule has 1 aromatic heterocycles. The van der Waals surface area contributed by atoms with Gasteiger partial charge in [-0.05, 0) is 17.5 Å². The minimum absolute atomic E-state index is 0.166. The van der Waals surface area contributed by atoms with Gasteiger partial charge in [0.1, 0.15) is 11.5 Å². The van der Waals surface area contributed by atoms with Crippen molar-refractivity contribution in [1.82, 2.24) is 9.55 Å². The van der Waals surface area contributed by atoms with Gasteiger partial charge in [-0.25, -0.2) is 4.98 Å². The van der Waals surface area contributed by atoms with Crippen LogP contribution in [-0.2, 0) is 13.2 Å². The molecule has 4 aromatic rings. The first-order valence-electron chi connectivity index (χ1n) is 7.73. The number of hydrogen-bond acceptors (Lipinski definition) is 2. The summed E-state index contributed by atoms with van der Waals surface area (Å²) in [6, 6.07) is 16.1. The Hall–Kier alpha value is -2.73. The first-order chi connectivity index (χ1) is 12.3. The van der Waals surface area contributed by atoms with Crippen LogP contribution in [0.4, 0.5) is 13.2 Å². The van der Waals surface area contributed by atoms with Gasteiger partial charge < -0.3 is 9.30 Å². The zero-order valence-electron chi connectivity index (χ0n) is 13.5. The lowest BCUT2D eigenvalue weighted by Crippen LogP contribution is -2.12. The van der Waals surface area contributed by atoms with Gasteiger partial charge in [0.2, 0.25) is 5.82 Å². The van der Waals surface area contributed by atoms with E-state index < -0.39 is 12.0 Å². The Bertz CT molecular complexity index is 1130. The SMILES string of the molecule is Cn1c(C(F)(F)F)nc2cc(Oc3cccc4ccccc34)c(Cl)cc21. The lowest BCUT2D eigenvalue weighted by atomic mass is 10.1. The maximum Gasteiger partial charge on any atom is 0.449 e. The van der Waals surface area contributed by atoms with E-state index in [2.05, 4.69) is 4.98 Å². The van der Waals surface area contributed by atoms with E-state index in [-0.39, 0.29) is 21.8 Å². The topological polar surface area (TPSA) is 27.1 Å². The predicted molar refractivity (Wildman–Crippen MR) is 94.7 cm³/mol. The average molecular weight is 377 g/mol. The summed E-state index contributed by atoms with van der Waals surface area (Å²) in [6.45, 7) is 0. The molecule has 0 spiro atoms. The molecule has 26 heavy (non-hydrogen) atoms. The Morgan fingerprint density at radius 3 is 2.50 bits per heavy atom. The Morgan fingerprint density at radius 1 is 1.00 bits per heavy atom. The number of aromatic nitrogens is 2. The van der Waals surface area contributed by atoms with E-state index in [1.54, 1.807) is 6.07 Å². The van der Waals surface area contributed by atoms with E-state index in [4.69, 9.17) is 16.3 Å². The standard InChI is InChI=1S/C19H12ClF3N2O/c1-25-15-9-13(20)17(10-14(15)24-18(25)19(21,22)23)26-16-8-4-6-11-5-2-3-7-12(11)16/h2-10H,1H3. The lowest BCUT2D eigenvalue weighted by molar-refractivity contribution is -0.146. The van der Waals surface area contributed by atoms with Gasteiger partial charge in [-0.2, -0.15) is 13.2 Å². The van der Waals surface area contributed by atoms with Crippen molar-refractivity contribution in [1.29, 1.82) is 0 Å². The second kappa shape index (κ2) is 5.92. The zero-order chi connectivity index (χ0) is 18.5. The Kier molecular flexibility index (Phi) is 3.80. The lowest BCUT2D eigenvalue weighted by Gasteiger charge is -2.10. The van der Waals surface area contributed by atoms with E-state index in [0.717, 1.165) is 15.3 Å². The molecule has 3 aromatic carbocycles. The summed E-state index contributed by atoms with van der Waals surface area (Å²) in [7, 11) is 1.31. The number of alkyl halides is 3. The normalized spacial score (nSPS) is 12.0. The number of hydrogen-bond donors (Lipinski definition) is 0. The van der Waals surface area contributed by atoms with Crippen molar-refractivity contribution in [2.24, 2.45) is 7.05 Å². The first kappa shape index (κ1) is 16.7. The summed E-state index contributed by atoms with van der Waals surface area (Å²) in [6.07, 6.45) is -4.54. The number of halogens is 4. The van der Waals surface area contributed by atoms with Gasteiger partial charge in [-0.15, -0.1) is 0 Å². The molecule has 4 rings (SSSR count). The van der Waals surface area contributed by atoms with Gasteiger partial charge in [0.05, 0.1) is 16.1 Å². The molecule has 0 fully saturated rings. The molecule has 7 heteroatoms. The van der Waals surface area contributed by atoms with Gasteiger partial charge >= 0.3 is 6.18 Å². The van der Waals surface area contributed by atoms with Crippen molar-refractivity contribution in [3.8, 4) is 11.5 Å². The quantitative estimate of drug-likeness (QED) is 0.417. The molecular formula is C19H12ClF3N2O. The smallest absolute Gasteiger partial charge is 0.449 e. The maximum absolute atomic E-state index is 13.1. The fourth-order valence-electron chi connectivity index (χ4n) is 2.93. The number of imidazole rings is 1. The zero-order valence-corrected chi connectivity index (χ0v) is 14.3. The predicted octanol–water partition coefficient (Wildman–Crippen LogP) is 6.19. The fourth-order valence-corrected chi connectivity index (χ4v) is 3.12. The van der Waals surface area contributed by atoms with Crippen molar-refractivity contribution in [3.63, 3.8) is 0 Å². The average Bonchev–Trinajstić information content (AvgIpc) is 2.92. The fraction of sp³-hybridized carbons (Fsp3) is 0.105. The molecular weight excluding hydrogens is 365 g/mol. The number of fused-ring (bicyclic) bond motifs is 2. The first-order valence-corrected chi connectivity index (χ1v) is 8.11. The third kappa shape index (κ3) is 2.76. The van der Waals surface area contributed by atoms with Crippen molar-refractivity contribution < 1.29 is 17.9 Å². The number of nitrogens with zero attached hydrogens (tertiary/aromatic N) is 2. The highest BCUT2D eigenvalue weighted by Crippen LogP contribution is 2.38. The highest BCUT2D eigenvalue weighted by molar-refractivity contribution is 6.32. The maximum atomic E-state index is 13.1. The van der Waals surface area contributed by atoms with E-state index in [9.17, 15) is 13.2 Å². The van der Waals surface area contributed by atoms with Crippen LogP contribution in [0.15, 0.2) is 54.6 Å². The summed E-state index contributed by atoms with van der Waals surface area (Å²) in [4.78, 5) is 3.69. The molecule has 0 atom stereocenters. The van der Waals surface area contributed by atoms with E-state index in [1.807, 2.05) is 36.4 Å². The van der Waals surface area contributed by atoms with Crippen LogP contribution in [0, 0.1) is 0 Å². The van der Waals surface area contributed by atoms with E-state index in [1.165, 1.54) is 19.2 Å². The van der Waals surface area contributed by atoms with Crippen LogP contribution in [0.5, 0.6) is 11.5 Å². The molecule has 1 heterocycles. The van der Waals surface area contributed by atoms with Crippen LogP contribution in [0.3, 0.4) is 0 Å². The van der Waals surface area contributed by atoms with Gasteiger partial charge in [-0.3, -0.25) is 0 Å². The summed E-state index contributed by atoms with van der Waals surface area (Å²) in [5.74, 6) is -0.162. The van der Waals surface area contributed by atoms with Gasteiger partial charge in [0.25, 0.3) is 0 Å². The largest absolute Gasteiger partial charge is 0.455 e. The molecule has 132 valence electrons. The molecule has 3 nitrogen and oxygen atoms in total. The van der Waals surface area contributed by atoms with Crippen LogP contribution < -0.4 is 4.74 Å². The molecule has 0 unspecified atom stereocenters. The van der Waals surface area contributed by atoms with Crippen LogP contribution >= 0.6 is 11.6 Å². The monoisotopic (exact) mass is 376 g/mol. The molecule has 0 N–H and O–H groups in total. The highest BCUT2D eigenvalue weighted by Gasteiger charge is 2.36. The van der Waals surface area contributed by atoms with Crippen molar-refractivity contribution >= 4 is 33.4 Å². The Labute approximate surface area is 151 Å². The minimum atomic E-state index is -4.54. The summed E-state index contributed by atoms with van der Waals surface area (Å²) in [5.41, 5.74) is 0.451. The molecule has 0 aliphatic heterocycles. The van der Waals surface area contributed by atoms with Crippen LogP contribution in [0.2, 0.25) is 5.02 Å².